The quantitative estimate of drug-likeness (QED) is 0.0967. The van der Waals surface area contributed by atoms with E-state index in [0.717, 1.165) is 66.4 Å². The Balaban J connectivity index is 1.05. The molecule has 1 aliphatic heterocycles. The average Bonchev–Trinajstić information content (AvgIpc) is 3.78. The second-order valence-electron chi connectivity index (χ2n) is 15.0. The average molecular weight is 791 g/mol. The molecule has 3 aromatic heterocycles. The van der Waals surface area contributed by atoms with Crippen molar-refractivity contribution in [2.24, 2.45) is 0 Å². The lowest BCUT2D eigenvalue weighted by Crippen LogP contribution is -2.36. The van der Waals surface area contributed by atoms with Gasteiger partial charge in [-0.15, -0.1) is 10.2 Å². The molecule has 0 spiro atoms. The van der Waals surface area contributed by atoms with Crippen LogP contribution in [0.15, 0.2) is 66.9 Å². The summed E-state index contributed by atoms with van der Waals surface area (Å²) in [5.74, 6) is 2.43. The summed E-state index contributed by atoms with van der Waals surface area (Å²) in [5.41, 5.74) is 3.88. The standard InChI is InChI=1S/C39H47ClN8O6S/c1-39(2,3)34-24-36(48(45-34)26-13-15-30(40)33(23-26)52-21-10-22-53-55(4,50)51)42-37(49)41-31-16-17-32(29-12-7-6-11-28(29)31)54-27-14-18-35-43-44-38(47(35)25-27)46-19-8-5-9-20-46/h6-7,11-15,18,23-25,31-32H,5,8-10,16-17,19-22H2,1-4H3,(H2,41,42,49). The molecule has 2 atom stereocenters. The van der Waals surface area contributed by atoms with Crippen LogP contribution in [0.2, 0.25) is 5.02 Å². The van der Waals surface area contributed by atoms with E-state index in [9.17, 15) is 13.2 Å². The number of benzene rings is 2. The van der Waals surface area contributed by atoms with Crippen LogP contribution in [0.3, 0.4) is 0 Å². The molecule has 5 aromatic rings. The molecule has 2 unspecified atom stereocenters. The van der Waals surface area contributed by atoms with Crippen LogP contribution in [0.25, 0.3) is 11.3 Å². The highest BCUT2D eigenvalue weighted by Crippen LogP contribution is 2.39. The number of pyridine rings is 1. The summed E-state index contributed by atoms with van der Waals surface area (Å²) in [4.78, 5) is 16.0. The first kappa shape index (κ1) is 38.4. The van der Waals surface area contributed by atoms with Crippen LogP contribution in [-0.4, -0.2) is 71.4 Å². The van der Waals surface area contributed by atoms with Crippen LogP contribution in [0.4, 0.5) is 16.6 Å². The maximum absolute atomic E-state index is 13.7. The monoisotopic (exact) mass is 790 g/mol. The van der Waals surface area contributed by atoms with Crippen molar-refractivity contribution in [3.8, 4) is 17.2 Å². The number of carbonyl (C=O) groups excluding carboxylic acids is 1. The van der Waals surface area contributed by atoms with Crippen molar-refractivity contribution in [3.05, 3.63) is 88.7 Å². The van der Waals surface area contributed by atoms with E-state index in [1.807, 2.05) is 67.8 Å². The zero-order chi connectivity index (χ0) is 38.7. The SMILES string of the molecule is CC(C)(C)c1cc(NC(=O)NC2CCC(Oc3ccc4nnc(N5CCCCC5)n4c3)c3ccccc32)n(-c2ccc(Cl)c(OCCCOS(C)(=O)=O)c2)n1. The maximum Gasteiger partial charge on any atom is 0.320 e. The fourth-order valence-electron chi connectivity index (χ4n) is 6.96. The molecule has 2 aliphatic rings. The van der Waals surface area contributed by atoms with Crippen LogP contribution in [0.5, 0.6) is 11.5 Å². The topological polar surface area (TPSA) is 154 Å². The minimum Gasteiger partial charge on any atom is -0.492 e. The van der Waals surface area contributed by atoms with Gasteiger partial charge >= 0.3 is 6.03 Å². The number of rotatable bonds is 12. The zero-order valence-electron chi connectivity index (χ0n) is 31.5. The largest absolute Gasteiger partial charge is 0.492 e. The summed E-state index contributed by atoms with van der Waals surface area (Å²) < 4.78 is 43.5. The van der Waals surface area contributed by atoms with Gasteiger partial charge in [-0.2, -0.15) is 13.5 Å². The molecule has 16 heteroatoms. The second kappa shape index (κ2) is 16.1. The van der Waals surface area contributed by atoms with Gasteiger partial charge in [-0.1, -0.05) is 56.6 Å². The highest BCUT2D eigenvalue weighted by molar-refractivity contribution is 7.85. The van der Waals surface area contributed by atoms with E-state index in [4.69, 9.17) is 30.4 Å². The number of nitrogens with zero attached hydrogens (tertiary/aromatic N) is 6. The van der Waals surface area contributed by atoms with Crippen LogP contribution >= 0.6 is 11.6 Å². The molecular formula is C39H47ClN8O6S. The number of aromatic nitrogens is 5. The van der Waals surface area contributed by atoms with Crippen molar-refractivity contribution in [2.75, 3.05) is 42.8 Å². The third-order valence-corrected chi connectivity index (χ3v) is 10.6. The molecule has 4 heterocycles. The van der Waals surface area contributed by atoms with E-state index in [0.29, 0.717) is 41.5 Å². The fraction of sp³-hybridized carbons (Fsp3) is 0.436. The van der Waals surface area contributed by atoms with Gasteiger partial charge in [0.25, 0.3) is 10.1 Å². The molecule has 55 heavy (non-hydrogen) atoms. The molecular weight excluding hydrogens is 744 g/mol. The minimum absolute atomic E-state index is 0.00725. The number of hydrogen-bond acceptors (Lipinski definition) is 10. The number of carbonyl (C=O) groups is 1. The van der Waals surface area contributed by atoms with E-state index >= 15 is 0 Å². The first-order valence-electron chi connectivity index (χ1n) is 18.6. The lowest BCUT2D eigenvalue weighted by atomic mass is 9.85. The van der Waals surface area contributed by atoms with Crippen molar-refractivity contribution < 1.29 is 26.9 Å². The van der Waals surface area contributed by atoms with Gasteiger partial charge in [0, 0.05) is 37.1 Å². The van der Waals surface area contributed by atoms with Gasteiger partial charge in [0.2, 0.25) is 5.95 Å². The lowest BCUT2D eigenvalue weighted by Gasteiger charge is -2.32. The Kier molecular flexibility index (Phi) is 11.2. The van der Waals surface area contributed by atoms with Crippen molar-refractivity contribution in [1.29, 1.82) is 0 Å². The van der Waals surface area contributed by atoms with Crippen LogP contribution in [0, 0.1) is 0 Å². The molecule has 7 rings (SSSR count). The first-order valence-corrected chi connectivity index (χ1v) is 20.8. The predicted octanol–water partition coefficient (Wildman–Crippen LogP) is 7.38. The number of amides is 2. The molecule has 1 saturated heterocycles. The summed E-state index contributed by atoms with van der Waals surface area (Å²) in [7, 11) is -3.54. The summed E-state index contributed by atoms with van der Waals surface area (Å²) in [6.07, 6.45) is 8.01. The predicted molar refractivity (Wildman–Crippen MR) is 211 cm³/mol. The summed E-state index contributed by atoms with van der Waals surface area (Å²) in [6, 6.07) is 18.4. The number of anilines is 2. The molecule has 2 N–H and O–H groups in total. The van der Waals surface area contributed by atoms with Crippen molar-refractivity contribution in [3.63, 3.8) is 0 Å². The van der Waals surface area contributed by atoms with Crippen molar-refractivity contribution in [2.45, 2.75) is 76.9 Å². The van der Waals surface area contributed by atoms with Crippen molar-refractivity contribution >= 4 is 45.2 Å². The highest BCUT2D eigenvalue weighted by atomic mass is 35.5. The Hall–Kier alpha value is -4.86. The number of nitrogens with one attached hydrogen (secondary N) is 2. The summed E-state index contributed by atoms with van der Waals surface area (Å²) in [5, 5.41) is 20.3. The zero-order valence-corrected chi connectivity index (χ0v) is 33.1. The first-order chi connectivity index (χ1) is 26.3. The van der Waals surface area contributed by atoms with E-state index in [2.05, 4.69) is 31.8 Å². The van der Waals surface area contributed by atoms with Crippen LogP contribution < -0.4 is 25.0 Å². The number of piperidine rings is 1. The van der Waals surface area contributed by atoms with Crippen molar-refractivity contribution in [1.82, 2.24) is 29.7 Å². The number of halogens is 1. The van der Waals surface area contributed by atoms with E-state index in [1.54, 1.807) is 22.9 Å². The van der Waals surface area contributed by atoms with Gasteiger partial charge in [-0.05, 0) is 67.5 Å². The molecule has 0 bridgehead atoms. The van der Waals surface area contributed by atoms with Crippen LogP contribution in [-0.2, 0) is 19.7 Å². The Morgan fingerprint density at radius 3 is 2.51 bits per heavy atom. The molecule has 1 fully saturated rings. The molecule has 0 radical (unpaired) electrons. The number of hydrogen-bond donors (Lipinski definition) is 2. The van der Waals surface area contributed by atoms with E-state index < -0.39 is 10.1 Å². The normalized spacial score (nSPS) is 17.5. The number of urea groups is 1. The minimum atomic E-state index is -3.54. The number of fused-ring (bicyclic) bond motifs is 2. The molecule has 14 nitrogen and oxygen atoms in total. The Morgan fingerprint density at radius 2 is 1.75 bits per heavy atom. The Labute approximate surface area is 326 Å². The molecule has 1 aliphatic carbocycles. The molecule has 2 aromatic carbocycles. The third-order valence-electron chi connectivity index (χ3n) is 9.74. The summed E-state index contributed by atoms with van der Waals surface area (Å²) in [6.45, 7) is 8.26. The van der Waals surface area contributed by atoms with Gasteiger partial charge < -0.3 is 19.7 Å². The molecule has 0 saturated carbocycles. The van der Waals surface area contributed by atoms with Gasteiger partial charge in [-0.25, -0.2) is 9.48 Å². The Morgan fingerprint density at radius 1 is 0.964 bits per heavy atom. The summed E-state index contributed by atoms with van der Waals surface area (Å²) >= 11 is 6.45. The smallest absolute Gasteiger partial charge is 0.320 e. The van der Waals surface area contributed by atoms with Gasteiger partial charge in [-0.3, -0.25) is 13.9 Å². The lowest BCUT2D eigenvalue weighted by molar-refractivity contribution is 0.171. The maximum atomic E-state index is 13.7. The fourth-order valence-corrected chi connectivity index (χ4v) is 7.55. The van der Waals surface area contributed by atoms with E-state index in [-0.39, 0.29) is 36.8 Å². The highest BCUT2D eigenvalue weighted by Gasteiger charge is 2.30. The van der Waals surface area contributed by atoms with Gasteiger partial charge in [0.15, 0.2) is 5.65 Å². The van der Waals surface area contributed by atoms with E-state index in [1.165, 1.54) is 6.42 Å². The third kappa shape index (κ3) is 9.17. The molecule has 292 valence electrons. The van der Waals surface area contributed by atoms with Crippen LogP contribution in [0.1, 0.15) is 88.3 Å². The second-order valence-corrected chi connectivity index (χ2v) is 17.1. The Bertz CT molecular complexity index is 2260. The van der Waals surface area contributed by atoms with Gasteiger partial charge in [0.1, 0.15) is 23.4 Å². The van der Waals surface area contributed by atoms with Gasteiger partial charge in [0.05, 0.1) is 48.1 Å². The number of ether oxygens (including phenoxy) is 2. The molecule has 2 amide bonds.